The van der Waals surface area contributed by atoms with E-state index in [1.807, 2.05) is 6.92 Å². The second-order valence-electron chi connectivity index (χ2n) is 6.95. The van der Waals surface area contributed by atoms with Crippen LogP contribution in [0, 0.1) is 0 Å². The van der Waals surface area contributed by atoms with Crippen molar-refractivity contribution in [2.24, 2.45) is 0 Å². The van der Waals surface area contributed by atoms with E-state index in [9.17, 15) is 8.42 Å². The van der Waals surface area contributed by atoms with Crippen molar-refractivity contribution in [1.82, 2.24) is 10.2 Å². The number of hydrogen-bond acceptors (Lipinski definition) is 6. The SMILES string of the molecule is CCCOS(=O)(=O)c1ccc(OC(C)(C)CCN2CCNCC2)cc1. The van der Waals surface area contributed by atoms with Gasteiger partial charge in [-0.1, -0.05) is 6.92 Å². The molecule has 6 nitrogen and oxygen atoms in total. The molecule has 0 amide bonds. The summed E-state index contributed by atoms with van der Waals surface area (Å²) in [6.45, 7) is 11.4. The number of piperazine rings is 1. The first-order valence-electron chi connectivity index (χ1n) is 8.94. The molecule has 0 radical (unpaired) electrons. The van der Waals surface area contributed by atoms with Crippen molar-refractivity contribution in [1.29, 1.82) is 0 Å². The second-order valence-corrected chi connectivity index (χ2v) is 8.57. The summed E-state index contributed by atoms with van der Waals surface area (Å²) in [6, 6.07) is 6.45. The third kappa shape index (κ3) is 6.58. The minimum Gasteiger partial charge on any atom is -0.488 e. The molecule has 1 N–H and O–H groups in total. The maximum Gasteiger partial charge on any atom is 0.296 e. The maximum atomic E-state index is 12.0. The van der Waals surface area contributed by atoms with Crippen molar-refractivity contribution in [3.63, 3.8) is 0 Å². The van der Waals surface area contributed by atoms with E-state index < -0.39 is 10.1 Å². The van der Waals surface area contributed by atoms with Gasteiger partial charge in [0, 0.05) is 32.7 Å². The zero-order valence-corrected chi connectivity index (χ0v) is 16.3. The van der Waals surface area contributed by atoms with Crippen LogP contribution in [-0.4, -0.2) is 58.2 Å². The summed E-state index contributed by atoms with van der Waals surface area (Å²) in [7, 11) is -3.68. The molecule has 1 aromatic carbocycles. The quantitative estimate of drug-likeness (QED) is 0.673. The molecule has 0 aromatic heterocycles. The summed E-state index contributed by atoms with van der Waals surface area (Å²) in [5.41, 5.74) is -0.315. The normalized spacial score (nSPS) is 16.8. The van der Waals surface area contributed by atoms with Gasteiger partial charge in [0.2, 0.25) is 0 Å². The lowest BCUT2D eigenvalue weighted by Crippen LogP contribution is -2.45. The van der Waals surface area contributed by atoms with Crippen LogP contribution in [0.15, 0.2) is 29.2 Å². The number of nitrogens with one attached hydrogen (secondary N) is 1. The Balaban J connectivity index is 1.90. The van der Waals surface area contributed by atoms with E-state index in [1.165, 1.54) is 12.1 Å². The number of hydrogen-bond donors (Lipinski definition) is 1. The largest absolute Gasteiger partial charge is 0.488 e. The van der Waals surface area contributed by atoms with Gasteiger partial charge in [-0.25, -0.2) is 0 Å². The molecule has 142 valence electrons. The topological polar surface area (TPSA) is 67.9 Å². The zero-order valence-electron chi connectivity index (χ0n) is 15.5. The summed E-state index contributed by atoms with van der Waals surface area (Å²) in [5.74, 6) is 0.666. The Bertz CT molecular complexity index is 623. The molecule has 1 aliphatic rings. The molecule has 1 fully saturated rings. The van der Waals surface area contributed by atoms with Gasteiger partial charge >= 0.3 is 0 Å². The van der Waals surface area contributed by atoms with Crippen LogP contribution in [0.5, 0.6) is 5.75 Å². The molecule has 25 heavy (non-hydrogen) atoms. The minimum atomic E-state index is -3.68. The Morgan fingerprint density at radius 3 is 2.40 bits per heavy atom. The molecule has 0 spiro atoms. The van der Waals surface area contributed by atoms with E-state index in [-0.39, 0.29) is 17.1 Å². The van der Waals surface area contributed by atoms with Crippen molar-refractivity contribution >= 4 is 10.1 Å². The fraction of sp³-hybridized carbons (Fsp3) is 0.667. The molecular weight excluding hydrogens is 340 g/mol. The van der Waals surface area contributed by atoms with Crippen LogP contribution in [0.1, 0.15) is 33.6 Å². The summed E-state index contributed by atoms with van der Waals surface area (Å²) in [4.78, 5) is 2.59. The van der Waals surface area contributed by atoms with E-state index in [4.69, 9.17) is 8.92 Å². The number of rotatable bonds is 9. The highest BCUT2D eigenvalue weighted by molar-refractivity contribution is 7.86. The standard InChI is InChI=1S/C18H30N2O4S/c1-4-15-23-25(21,22)17-7-5-16(6-8-17)24-18(2,3)9-12-20-13-10-19-11-14-20/h5-8,19H,4,9-15H2,1-3H3. The molecule has 1 heterocycles. The van der Waals surface area contributed by atoms with Gasteiger partial charge in [-0.2, -0.15) is 8.42 Å². The summed E-state index contributed by atoms with van der Waals surface area (Å²) >= 11 is 0. The lowest BCUT2D eigenvalue weighted by atomic mass is 10.0. The first-order chi connectivity index (χ1) is 11.8. The van der Waals surface area contributed by atoms with Crippen LogP contribution in [0.2, 0.25) is 0 Å². The van der Waals surface area contributed by atoms with E-state index in [2.05, 4.69) is 24.1 Å². The van der Waals surface area contributed by atoms with Gasteiger partial charge < -0.3 is 15.0 Å². The van der Waals surface area contributed by atoms with E-state index in [1.54, 1.807) is 12.1 Å². The number of benzene rings is 1. The van der Waals surface area contributed by atoms with E-state index >= 15 is 0 Å². The Morgan fingerprint density at radius 2 is 1.80 bits per heavy atom. The van der Waals surface area contributed by atoms with Gasteiger partial charge in [0.15, 0.2) is 0 Å². The lowest BCUT2D eigenvalue weighted by Gasteiger charge is -2.32. The average molecular weight is 371 g/mol. The maximum absolute atomic E-state index is 12.0. The first kappa shape index (κ1) is 20.2. The molecule has 7 heteroatoms. The minimum absolute atomic E-state index is 0.159. The number of nitrogens with zero attached hydrogens (tertiary/aromatic N) is 1. The molecule has 0 saturated carbocycles. The molecule has 1 aromatic rings. The summed E-state index contributed by atoms with van der Waals surface area (Å²) in [5, 5.41) is 3.35. The first-order valence-corrected chi connectivity index (χ1v) is 10.3. The van der Waals surface area contributed by atoms with E-state index in [0.29, 0.717) is 12.2 Å². The Morgan fingerprint density at radius 1 is 1.16 bits per heavy atom. The Kier molecular flexibility index (Phi) is 7.25. The van der Waals surface area contributed by atoms with Gasteiger partial charge in [0.25, 0.3) is 10.1 Å². The fourth-order valence-electron chi connectivity index (χ4n) is 2.67. The number of ether oxygens (including phenoxy) is 1. The van der Waals surface area contributed by atoms with Crippen molar-refractivity contribution < 1.29 is 17.3 Å². The third-order valence-corrected chi connectivity index (χ3v) is 5.52. The van der Waals surface area contributed by atoms with Crippen molar-refractivity contribution in [2.75, 3.05) is 39.3 Å². The van der Waals surface area contributed by atoms with Gasteiger partial charge in [0.05, 0.1) is 11.5 Å². The molecular formula is C18H30N2O4S. The monoisotopic (exact) mass is 370 g/mol. The van der Waals surface area contributed by atoms with Crippen LogP contribution in [0.25, 0.3) is 0 Å². The Labute approximate surface area is 151 Å². The summed E-state index contributed by atoms with van der Waals surface area (Å²) < 4.78 is 35.0. The Hall–Kier alpha value is -1.15. The zero-order chi connectivity index (χ0) is 18.3. The van der Waals surface area contributed by atoms with Crippen molar-refractivity contribution in [3.8, 4) is 5.75 Å². The summed E-state index contributed by atoms with van der Waals surface area (Å²) in [6.07, 6.45) is 1.56. The molecule has 2 rings (SSSR count). The van der Waals surface area contributed by atoms with Crippen LogP contribution in [0.3, 0.4) is 0 Å². The van der Waals surface area contributed by atoms with E-state index in [0.717, 1.165) is 39.1 Å². The highest BCUT2D eigenvalue weighted by Crippen LogP contribution is 2.24. The fourth-order valence-corrected chi connectivity index (χ4v) is 3.66. The van der Waals surface area contributed by atoms with Gasteiger partial charge in [-0.3, -0.25) is 4.18 Å². The molecule has 1 saturated heterocycles. The van der Waals surface area contributed by atoms with Gasteiger partial charge in [0.1, 0.15) is 11.4 Å². The lowest BCUT2D eigenvalue weighted by molar-refractivity contribution is 0.0808. The molecule has 0 atom stereocenters. The molecule has 1 aliphatic heterocycles. The van der Waals surface area contributed by atoms with Crippen LogP contribution in [0.4, 0.5) is 0 Å². The highest BCUT2D eigenvalue weighted by Gasteiger charge is 2.22. The predicted molar refractivity (Wildman–Crippen MR) is 98.5 cm³/mol. The van der Waals surface area contributed by atoms with Gasteiger partial charge in [-0.05, 0) is 51.0 Å². The second kappa shape index (κ2) is 8.98. The van der Waals surface area contributed by atoms with Crippen LogP contribution >= 0.6 is 0 Å². The smallest absolute Gasteiger partial charge is 0.296 e. The van der Waals surface area contributed by atoms with Crippen molar-refractivity contribution in [3.05, 3.63) is 24.3 Å². The predicted octanol–water partition coefficient (Wildman–Crippen LogP) is 2.25. The van der Waals surface area contributed by atoms with Crippen LogP contribution in [-0.2, 0) is 14.3 Å². The van der Waals surface area contributed by atoms with Crippen LogP contribution < -0.4 is 10.1 Å². The molecule has 0 bridgehead atoms. The third-order valence-electron chi connectivity index (χ3n) is 4.19. The average Bonchev–Trinajstić information content (AvgIpc) is 2.59. The van der Waals surface area contributed by atoms with Crippen molar-refractivity contribution in [2.45, 2.75) is 44.1 Å². The molecule has 0 aliphatic carbocycles. The van der Waals surface area contributed by atoms with Gasteiger partial charge in [-0.15, -0.1) is 0 Å². The highest BCUT2D eigenvalue weighted by atomic mass is 32.2. The molecule has 0 unspecified atom stereocenters.